The van der Waals surface area contributed by atoms with Crippen molar-refractivity contribution in [3.63, 3.8) is 0 Å². The summed E-state index contributed by atoms with van der Waals surface area (Å²) in [5.74, 6) is 0.654. The van der Waals surface area contributed by atoms with Crippen LogP contribution in [-0.2, 0) is 4.79 Å². The lowest BCUT2D eigenvalue weighted by Gasteiger charge is -2.33. The second kappa shape index (κ2) is 6.15. The SMILES string of the molecule is C=CCC1CC[C@H]2CC[C@@H](C1=O)N2[C@H](C)c1ccccc1. The number of carbonyl (C=O) groups excluding carboxylic acids is 1. The number of hydrogen-bond acceptors (Lipinski definition) is 2. The molecule has 112 valence electrons. The van der Waals surface area contributed by atoms with Crippen molar-refractivity contribution in [1.82, 2.24) is 4.90 Å². The van der Waals surface area contributed by atoms with Crippen molar-refractivity contribution in [3.8, 4) is 0 Å². The second-order valence-corrected chi connectivity index (χ2v) is 6.48. The van der Waals surface area contributed by atoms with E-state index in [1.165, 1.54) is 12.0 Å². The van der Waals surface area contributed by atoms with E-state index >= 15 is 0 Å². The Balaban J connectivity index is 1.85. The molecule has 2 fully saturated rings. The number of ketones is 1. The van der Waals surface area contributed by atoms with Gasteiger partial charge in [0, 0.05) is 18.0 Å². The lowest BCUT2D eigenvalue weighted by atomic mass is 9.88. The molecule has 0 N–H and O–H groups in total. The van der Waals surface area contributed by atoms with E-state index in [4.69, 9.17) is 0 Å². The summed E-state index contributed by atoms with van der Waals surface area (Å²) < 4.78 is 0. The third kappa shape index (κ3) is 2.69. The molecule has 4 atom stereocenters. The van der Waals surface area contributed by atoms with Crippen LogP contribution < -0.4 is 0 Å². The molecule has 2 nitrogen and oxygen atoms in total. The molecule has 1 aromatic rings. The van der Waals surface area contributed by atoms with Crippen LogP contribution in [0.4, 0.5) is 0 Å². The number of hydrogen-bond donors (Lipinski definition) is 0. The molecular formula is C19H25NO. The van der Waals surface area contributed by atoms with Crippen molar-refractivity contribution < 1.29 is 4.79 Å². The lowest BCUT2D eigenvalue weighted by Crippen LogP contribution is -2.41. The molecule has 2 saturated heterocycles. The highest BCUT2D eigenvalue weighted by atomic mass is 16.1. The Kier molecular flexibility index (Phi) is 4.25. The van der Waals surface area contributed by atoms with Crippen molar-refractivity contribution in [2.24, 2.45) is 5.92 Å². The number of fused-ring (bicyclic) bond motifs is 2. The van der Waals surface area contributed by atoms with Crippen molar-refractivity contribution in [1.29, 1.82) is 0 Å². The summed E-state index contributed by atoms with van der Waals surface area (Å²) in [6, 6.07) is 11.6. The second-order valence-electron chi connectivity index (χ2n) is 6.48. The zero-order valence-corrected chi connectivity index (χ0v) is 12.9. The van der Waals surface area contributed by atoms with Gasteiger partial charge in [-0.1, -0.05) is 36.4 Å². The molecule has 2 aliphatic heterocycles. The van der Waals surface area contributed by atoms with Gasteiger partial charge in [-0.3, -0.25) is 9.69 Å². The van der Waals surface area contributed by atoms with E-state index in [0.29, 0.717) is 17.9 Å². The van der Waals surface area contributed by atoms with E-state index in [2.05, 4.69) is 48.7 Å². The molecule has 3 rings (SSSR count). The van der Waals surface area contributed by atoms with E-state index in [1.807, 2.05) is 6.08 Å². The molecule has 0 radical (unpaired) electrons. The first kappa shape index (κ1) is 14.5. The maximum absolute atomic E-state index is 12.8. The van der Waals surface area contributed by atoms with Gasteiger partial charge in [-0.05, 0) is 44.6 Å². The number of benzene rings is 1. The maximum atomic E-state index is 12.8. The average molecular weight is 283 g/mol. The molecule has 1 aromatic carbocycles. The summed E-state index contributed by atoms with van der Waals surface area (Å²) in [6.07, 6.45) is 7.15. The van der Waals surface area contributed by atoms with Gasteiger partial charge in [0.1, 0.15) is 0 Å². The van der Waals surface area contributed by atoms with Crippen LogP contribution in [0.3, 0.4) is 0 Å². The Bertz CT molecular complexity index is 510. The fourth-order valence-corrected chi connectivity index (χ4v) is 4.22. The minimum absolute atomic E-state index is 0.123. The zero-order chi connectivity index (χ0) is 14.8. The summed E-state index contributed by atoms with van der Waals surface area (Å²) >= 11 is 0. The Hall–Kier alpha value is -1.41. The smallest absolute Gasteiger partial charge is 0.153 e. The Morgan fingerprint density at radius 2 is 1.95 bits per heavy atom. The minimum atomic E-state index is 0.123. The standard InChI is InChI=1S/C19H25NO/c1-3-7-16-10-11-17-12-13-18(19(16)21)20(17)14(2)15-8-5-4-6-9-15/h3-6,8-9,14,16-18H,1,7,10-13H2,2H3/t14-,16?,17+,18+/m1/s1. The zero-order valence-electron chi connectivity index (χ0n) is 12.9. The molecular weight excluding hydrogens is 258 g/mol. The third-order valence-corrected chi connectivity index (χ3v) is 5.31. The highest BCUT2D eigenvalue weighted by molar-refractivity contribution is 5.87. The van der Waals surface area contributed by atoms with Crippen LogP contribution >= 0.6 is 0 Å². The van der Waals surface area contributed by atoms with Gasteiger partial charge in [0.25, 0.3) is 0 Å². The van der Waals surface area contributed by atoms with Crippen LogP contribution in [0.15, 0.2) is 43.0 Å². The fraction of sp³-hybridized carbons (Fsp3) is 0.526. The van der Waals surface area contributed by atoms with Crippen LogP contribution in [0.1, 0.15) is 50.6 Å². The Labute approximate surface area is 127 Å². The average Bonchev–Trinajstić information content (AvgIpc) is 2.89. The van der Waals surface area contributed by atoms with Crippen molar-refractivity contribution >= 4 is 5.78 Å². The van der Waals surface area contributed by atoms with Crippen molar-refractivity contribution in [2.75, 3.05) is 0 Å². The Morgan fingerprint density at radius 1 is 1.24 bits per heavy atom. The number of nitrogens with zero attached hydrogens (tertiary/aromatic N) is 1. The van der Waals surface area contributed by atoms with E-state index in [-0.39, 0.29) is 12.0 Å². The predicted octanol–water partition coefficient (Wildman–Crippen LogP) is 4.14. The molecule has 0 spiro atoms. The van der Waals surface area contributed by atoms with Crippen LogP contribution in [0.5, 0.6) is 0 Å². The fourth-order valence-electron chi connectivity index (χ4n) is 4.22. The molecule has 21 heavy (non-hydrogen) atoms. The molecule has 2 aliphatic rings. The first-order valence-corrected chi connectivity index (χ1v) is 8.19. The van der Waals surface area contributed by atoms with E-state index in [1.54, 1.807) is 0 Å². The van der Waals surface area contributed by atoms with Gasteiger partial charge in [-0.2, -0.15) is 0 Å². The summed E-state index contributed by atoms with van der Waals surface area (Å²) in [5, 5.41) is 0. The van der Waals surface area contributed by atoms with Gasteiger partial charge in [0.05, 0.1) is 6.04 Å². The lowest BCUT2D eigenvalue weighted by molar-refractivity contribution is -0.127. The molecule has 0 saturated carbocycles. The predicted molar refractivity (Wildman–Crippen MR) is 86.1 cm³/mol. The highest BCUT2D eigenvalue weighted by Gasteiger charge is 2.44. The maximum Gasteiger partial charge on any atom is 0.153 e. The van der Waals surface area contributed by atoms with Crippen LogP contribution in [0.25, 0.3) is 0 Å². The first-order chi connectivity index (χ1) is 10.2. The van der Waals surface area contributed by atoms with Crippen LogP contribution in [-0.4, -0.2) is 22.8 Å². The molecule has 1 unspecified atom stereocenters. The number of Topliss-reactive ketones (excluding diaryl/α,β-unsaturated/α-hetero) is 1. The topological polar surface area (TPSA) is 20.3 Å². The van der Waals surface area contributed by atoms with E-state index < -0.39 is 0 Å². The van der Waals surface area contributed by atoms with Gasteiger partial charge in [-0.15, -0.1) is 6.58 Å². The monoisotopic (exact) mass is 283 g/mol. The van der Waals surface area contributed by atoms with Gasteiger partial charge in [-0.25, -0.2) is 0 Å². The van der Waals surface area contributed by atoms with Gasteiger partial charge in [0.15, 0.2) is 5.78 Å². The minimum Gasteiger partial charge on any atom is -0.298 e. The summed E-state index contributed by atoms with van der Waals surface area (Å²) in [7, 11) is 0. The largest absolute Gasteiger partial charge is 0.298 e. The van der Waals surface area contributed by atoms with Gasteiger partial charge < -0.3 is 0 Å². The Morgan fingerprint density at radius 3 is 2.67 bits per heavy atom. The van der Waals surface area contributed by atoms with Gasteiger partial charge >= 0.3 is 0 Å². The molecule has 2 heterocycles. The molecule has 0 amide bonds. The van der Waals surface area contributed by atoms with Crippen LogP contribution in [0, 0.1) is 5.92 Å². The number of allylic oxidation sites excluding steroid dienone is 1. The van der Waals surface area contributed by atoms with E-state index in [0.717, 1.165) is 25.7 Å². The summed E-state index contributed by atoms with van der Waals surface area (Å²) in [5.41, 5.74) is 1.32. The normalized spacial score (nSPS) is 30.9. The quantitative estimate of drug-likeness (QED) is 0.774. The van der Waals surface area contributed by atoms with E-state index in [9.17, 15) is 4.79 Å². The van der Waals surface area contributed by atoms with Crippen LogP contribution in [0.2, 0.25) is 0 Å². The van der Waals surface area contributed by atoms with Gasteiger partial charge in [0.2, 0.25) is 0 Å². The third-order valence-electron chi connectivity index (χ3n) is 5.31. The summed E-state index contributed by atoms with van der Waals surface area (Å²) in [4.78, 5) is 15.4. The van der Waals surface area contributed by atoms with Crippen molar-refractivity contribution in [2.45, 2.75) is 57.2 Å². The molecule has 2 heteroatoms. The summed E-state index contributed by atoms with van der Waals surface area (Å²) in [6.45, 7) is 6.07. The highest BCUT2D eigenvalue weighted by Crippen LogP contribution is 2.41. The molecule has 0 aliphatic carbocycles. The molecule has 0 aromatic heterocycles. The number of carbonyl (C=O) groups is 1. The van der Waals surface area contributed by atoms with Crippen molar-refractivity contribution in [3.05, 3.63) is 48.6 Å². The first-order valence-electron chi connectivity index (χ1n) is 8.19. The number of rotatable bonds is 4. The molecule has 2 bridgehead atoms.